The van der Waals surface area contributed by atoms with Crippen molar-refractivity contribution >= 4 is 32.6 Å². The van der Waals surface area contributed by atoms with Gasteiger partial charge in [-0.2, -0.15) is 5.10 Å². The maximum Gasteiger partial charge on any atom is 0.190 e. The Labute approximate surface area is 178 Å². The summed E-state index contributed by atoms with van der Waals surface area (Å²) >= 11 is 1.52. The Morgan fingerprint density at radius 3 is 3.03 bits per heavy atom. The minimum atomic E-state index is 0.343. The highest BCUT2D eigenvalue weighted by molar-refractivity contribution is 7.21. The molecule has 1 aliphatic heterocycles. The standard InChI is InChI=1S/C21H23N7OS/c1-13-16(10-23-27-13)17-3-4-18-20(24-17)30-21(25-18)26-19-9-14(5-7-22-19)11-28-8-6-15(12-28)29-2/h3-5,7,9-10,15H,6,8,11-12H2,1-2H3,(H,23,27)(H,22,25,26)/t15-/m0/s1. The molecule has 30 heavy (non-hydrogen) atoms. The predicted molar refractivity (Wildman–Crippen MR) is 118 cm³/mol. The molecule has 8 nitrogen and oxygen atoms in total. The van der Waals surface area contributed by atoms with Crippen LogP contribution < -0.4 is 5.32 Å². The number of anilines is 2. The van der Waals surface area contributed by atoms with Gasteiger partial charge >= 0.3 is 0 Å². The van der Waals surface area contributed by atoms with Gasteiger partial charge in [-0.15, -0.1) is 0 Å². The zero-order valence-electron chi connectivity index (χ0n) is 16.9. The number of methoxy groups -OCH3 is 1. The average molecular weight is 422 g/mol. The number of aromatic amines is 1. The average Bonchev–Trinajstić information content (AvgIpc) is 3.47. The number of likely N-dealkylation sites (tertiary alicyclic amines) is 1. The fourth-order valence-corrected chi connectivity index (χ4v) is 4.62. The normalized spacial score (nSPS) is 17.1. The molecule has 5 heterocycles. The first kappa shape index (κ1) is 19.1. The van der Waals surface area contributed by atoms with Crippen LogP contribution in [0.5, 0.6) is 0 Å². The Morgan fingerprint density at radius 1 is 1.30 bits per heavy atom. The molecule has 0 bridgehead atoms. The number of thiazole rings is 1. The Kier molecular flexibility index (Phi) is 5.16. The maximum atomic E-state index is 5.46. The number of aromatic nitrogens is 5. The Hall–Kier alpha value is -2.88. The lowest BCUT2D eigenvalue weighted by molar-refractivity contribution is 0.107. The largest absolute Gasteiger partial charge is 0.380 e. The molecule has 0 aliphatic carbocycles. The van der Waals surface area contributed by atoms with Crippen LogP contribution in [0.25, 0.3) is 21.6 Å². The molecule has 154 valence electrons. The second kappa shape index (κ2) is 8.10. The molecule has 2 N–H and O–H groups in total. The number of H-pyrrole nitrogens is 1. The van der Waals surface area contributed by atoms with E-state index in [-0.39, 0.29) is 0 Å². The summed E-state index contributed by atoms with van der Waals surface area (Å²) in [6.45, 7) is 4.92. The van der Waals surface area contributed by atoms with E-state index < -0.39 is 0 Å². The summed E-state index contributed by atoms with van der Waals surface area (Å²) in [6.07, 6.45) is 5.07. The van der Waals surface area contributed by atoms with Gasteiger partial charge in [-0.3, -0.25) is 10.00 Å². The Balaban J connectivity index is 1.32. The van der Waals surface area contributed by atoms with Gasteiger partial charge in [-0.1, -0.05) is 11.3 Å². The molecular formula is C21H23N7OS. The third-order valence-corrected chi connectivity index (χ3v) is 6.27. The minimum Gasteiger partial charge on any atom is -0.380 e. The van der Waals surface area contributed by atoms with E-state index in [9.17, 15) is 0 Å². The van der Waals surface area contributed by atoms with Crippen molar-refractivity contribution in [3.63, 3.8) is 0 Å². The Bertz CT molecular complexity index is 1170. The van der Waals surface area contributed by atoms with E-state index >= 15 is 0 Å². The summed E-state index contributed by atoms with van der Waals surface area (Å²) in [7, 11) is 1.79. The molecule has 0 unspecified atom stereocenters. The smallest absolute Gasteiger partial charge is 0.190 e. The van der Waals surface area contributed by atoms with Gasteiger partial charge in [0.25, 0.3) is 0 Å². The summed E-state index contributed by atoms with van der Waals surface area (Å²) in [5.74, 6) is 0.792. The zero-order chi connectivity index (χ0) is 20.5. The monoisotopic (exact) mass is 421 g/mol. The quantitative estimate of drug-likeness (QED) is 0.490. The summed E-state index contributed by atoms with van der Waals surface area (Å²) in [5, 5.41) is 11.2. The van der Waals surface area contributed by atoms with Crippen molar-refractivity contribution in [3.8, 4) is 11.3 Å². The number of fused-ring (bicyclic) bond motifs is 1. The summed E-state index contributed by atoms with van der Waals surface area (Å²) < 4.78 is 5.46. The number of hydrogen-bond donors (Lipinski definition) is 2. The number of pyridine rings is 2. The van der Waals surface area contributed by atoms with Crippen LogP contribution in [-0.4, -0.2) is 56.4 Å². The van der Waals surface area contributed by atoms with Gasteiger partial charge < -0.3 is 10.1 Å². The van der Waals surface area contributed by atoms with Gasteiger partial charge in [-0.25, -0.2) is 15.0 Å². The first-order valence-electron chi connectivity index (χ1n) is 9.93. The van der Waals surface area contributed by atoms with Gasteiger partial charge in [-0.05, 0) is 43.2 Å². The molecule has 1 aliphatic rings. The van der Waals surface area contributed by atoms with E-state index in [0.717, 1.165) is 64.3 Å². The zero-order valence-corrected chi connectivity index (χ0v) is 17.7. The Morgan fingerprint density at radius 2 is 2.23 bits per heavy atom. The van der Waals surface area contributed by atoms with E-state index in [1.807, 2.05) is 25.3 Å². The minimum absolute atomic E-state index is 0.343. The van der Waals surface area contributed by atoms with Crippen LogP contribution in [-0.2, 0) is 11.3 Å². The second-order valence-corrected chi connectivity index (χ2v) is 8.48. The van der Waals surface area contributed by atoms with Crippen molar-refractivity contribution in [2.75, 3.05) is 25.5 Å². The number of nitrogens with one attached hydrogen (secondary N) is 2. The van der Waals surface area contributed by atoms with Crippen molar-refractivity contribution in [2.45, 2.75) is 26.0 Å². The van der Waals surface area contributed by atoms with Gasteiger partial charge in [0.05, 0.1) is 18.0 Å². The van der Waals surface area contributed by atoms with Crippen molar-refractivity contribution in [1.82, 2.24) is 30.0 Å². The molecule has 0 amide bonds. The molecule has 0 spiro atoms. The van der Waals surface area contributed by atoms with E-state index in [1.165, 1.54) is 16.9 Å². The SMILES string of the molecule is CO[C@H]1CCN(Cc2ccnc(Nc3nc4ccc(-c5cn[nH]c5C)nc4s3)c2)C1. The molecule has 0 radical (unpaired) electrons. The summed E-state index contributed by atoms with van der Waals surface area (Å²) in [4.78, 5) is 17.2. The maximum absolute atomic E-state index is 5.46. The van der Waals surface area contributed by atoms with Crippen LogP contribution in [0.1, 0.15) is 17.7 Å². The molecular weight excluding hydrogens is 398 g/mol. The fourth-order valence-electron chi connectivity index (χ4n) is 3.77. The molecule has 4 aromatic rings. The van der Waals surface area contributed by atoms with E-state index in [4.69, 9.17) is 9.72 Å². The van der Waals surface area contributed by atoms with Gasteiger partial charge in [0.15, 0.2) is 5.13 Å². The van der Waals surface area contributed by atoms with Crippen molar-refractivity contribution in [3.05, 3.63) is 47.9 Å². The highest BCUT2D eigenvalue weighted by atomic mass is 32.1. The lowest BCUT2D eigenvalue weighted by Crippen LogP contribution is -2.22. The van der Waals surface area contributed by atoms with Crippen LogP contribution >= 0.6 is 11.3 Å². The van der Waals surface area contributed by atoms with Crippen LogP contribution in [0.3, 0.4) is 0 Å². The number of aryl methyl sites for hydroxylation is 1. The van der Waals surface area contributed by atoms with Crippen molar-refractivity contribution in [1.29, 1.82) is 0 Å². The number of ether oxygens (including phenoxy) is 1. The number of rotatable bonds is 6. The molecule has 1 saturated heterocycles. The summed E-state index contributed by atoms with van der Waals surface area (Å²) in [6, 6.07) is 8.12. The third-order valence-electron chi connectivity index (χ3n) is 5.39. The molecule has 1 fully saturated rings. The highest BCUT2D eigenvalue weighted by Crippen LogP contribution is 2.29. The molecule has 0 saturated carbocycles. The summed E-state index contributed by atoms with van der Waals surface area (Å²) in [5.41, 5.74) is 4.99. The molecule has 5 rings (SSSR count). The lowest BCUT2D eigenvalue weighted by atomic mass is 10.2. The van der Waals surface area contributed by atoms with Crippen LogP contribution in [0.15, 0.2) is 36.7 Å². The van der Waals surface area contributed by atoms with E-state index in [0.29, 0.717) is 6.10 Å². The molecule has 4 aromatic heterocycles. The first-order chi connectivity index (χ1) is 14.7. The second-order valence-electron chi connectivity index (χ2n) is 7.50. The lowest BCUT2D eigenvalue weighted by Gasteiger charge is -2.16. The molecule has 0 aromatic carbocycles. The topological polar surface area (TPSA) is 91.9 Å². The fraction of sp³-hybridized carbons (Fsp3) is 0.333. The molecule has 9 heteroatoms. The van der Waals surface area contributed by atoms with E-state index in [2.05, 4.69) is 42.5 Å². The number of nitrogens with zero attached hydrogens (tertiary/aromatic N) is 5. The van der Waals surface area contributed by atoms with Crippen LogP contribution in [0.4, 0.5) is 10.9 Å². The van der Waals surface area contributed by atoms with Crippen molar-refractivity contribution < 1.29 is 4.74 Å². The highest BCUT2D eigenvalue weighted by Gasteiger charge is 2.22. The predicted octanol–water partition coefficient (Wildman–Crippen LogP) is 3.75. The van der Waals surface area contributed by atoms with Crippen molar-refractivity contribution in [2.24, 2.45) is 0 Å². The third kappa shape index (κ3) is 3.91. The van der Waals surface area contributed by atoms with Gasteiger partial charge in [0.1, 0.15) is 16.2 Å². The van der Waals surface area contributed by atoms with Crippen LogP contribution in [0, 0.1) is 6.92 Å². The first-order valence-corrected chi connectivity index (χ1v) is 10.7. The molecule has 1 atom stereocenters. The van der Waals surface area contributed by atoms with Gasteiger partial charge in [0, 0.05) is 44.2 Å². The number of hydrogen-bond acceptors (Lipinski definition) is 8. The van der Waals surface area contributed by atoms with E-state index in [1.54, 1.807) is 13.3 Å². The van der Waals surface area contributed by atoms with Gasteiger partial charge in [0.2, 0.25) is 0 Å². The van der Waals surface area contributed by atoms with Crippen LogP contribution in [0.2, 0.25) is 0 Å².